The van der Waals surface area contributed by atoms with Crippen LogP contribution in [-0.4, -0.2) is 17.7 Å². The van der Waals surface area contributed by atoms with E-state index in [2.05, 4.69) is 17.4 Å². The fourth-order valence-electron chi connectivity index (χ4n) is 3.64. The second kappa shape index (κ2) is 6.41. The topological polar surface area (TPSA) is 55.1 Å². The van der Waals surface area contributed by atoms with Crippen molar-refractivity contribution in [3.63, 3.8) is 0 Å². The summed E-state index contributed by atoms with van der Waals surface area (Å²) in [5.41, 5.74) is 6.27. The Balaban J connectivity index is 1.92. The lowest BCUT2D eigenvalue weighted by molar-refractivity contribution is -0.125. The van der Waals surface area contributed by atoms with Crippen LogP contribution in [0.1, 0.15) is 50.5 Å². The number of hydrogen-bond acceptors (Lipinski definition) is 3. The van der Waals surface area contributed by atoms with E-state index in [-0.39, 0.29) is 5.91 Å². The molecule has 0 radical (unpaired) electrons. The van der Waals surface area contributed by atoms with Gasteiger partial charge in [0.1, 0.15) is 5.54 Å². The smallest absolute Gasteiger partial charge is 0.242 e. The molecule has 1 fully saturated rings. The number of benzene rings is 1. The maximum Gasteiger partial charge on any atom is 0.242 e. The molecule has 21 heavy (non-hydrogen) atoms. The first-order valence-corrected chi connectivity index (χ1v) is 9.01. The van der Waals surface area contributed by atoms with Crippen LogP contribution in [0.15, 0.2) is 29.2 Å². The van der Waals surface area contributed by atoms with Gasteiger partial charge in [-0.1, -0.05) is 43.9 Å². The maximum absolute atomic E-state index is 12.3. The summed E-state index contributed by atoms with van der Waals surface area (Å²) in [5, 5.41) is 3.68. The molecule has 0 aromatic heterocycles. The minimum atomic E-state index is -0.670. The van der Waals surface area contributed by atoms with Gasteiger partial charge in [-0.05, 0) is 30.9 Å². The Hall–Kier alpha value is -1.00. The molecule has 1 heterocycles. The van der Waals surface area contributed by atoms with Gasteiger partial charge in [0.2, 0.25) is 5.91 Å². The molecule has 1 aromatic rings. The van der Waals surface area contributed by atoms with Gasteiger partial charge in [0.15, 0.2) is 0 Å². The molecule has 114 valence electrons. The molecule has 1 unspecified atom stereocenters. The standard InChI is InChI=1S/C17H24N2OS/c18-16(20)17(19-13-7-3-1-2-4-8-13)11-12-21-15-10-6-5-9-14(15)17/h5-6,9-10,13,19H,1-4,7-8,11-12H2,(H2,18,20). The van der Waals surface area contributed by atoms with Crippen LogP contribution in [0, 0.1) is 0 Å². The lowest BCUT2D eigenvalue weighted by Crippen LogP contribution is -2.57. The van der Waals surface area contributed by atoms with Crippen molar-refractivity contribution in [2.75, 3.05) is 5.75 Å². The van der Waals surface area contributed by atoms with Crippen LogP contribution in [0.5, 0.6) is 0 Å². The molecule has 1 aliphatic heterocycles. The van der Waals surface area contributed by atoms with Gasteiger partial charge in [-0.2, -0.15) is 0 Å². The van der Waals surface area contributed by atoms with E-state index in [1.807, 2.05) is 23.9 Å². The van der Waals surface area contributed by atoms with E-state index in [1.165, 1.54) is 30.6 Å². The Kier molecular flexibility index (Phi) is 4.55. The van der Waals surface area contributed by atoms with Crippen molar-refractivity contribution in [3.05, 3.63) is 29.8 Å². The van der Waals surface area contributed by atoms with E-state index >= 15 is 0 Å². The van der Waals surface area contributed by atoms with Gasteiger partial charge in [0.05, 0.1) is 0 Å². The normalized spacial score (nSPS) is 26.9. The fraction of sp³-hybridized carbons (Fsp3) is 0.588. The minimum absolute atomic E-state index is 0.223. The molecule has 3 N–H and O–H groups in total. The fourth-order valence-corrected chi connectivity index (χ4v) is 4.84. The lowest BCUT2D eigenvalue weighted by Gasteiger charge is -2.39. The number of fused-ring (bicyclic) bond motifs is 1. The molecule has 1 aromatic carbocycles. The summed E-state index contributed by atoms with van der Waals surface area (Å²) in [7, 11) is 0. The highest BCUT2D eigenvalue weighted by Crippen LogP contribution is 2.41. The summed E-state index contributed by atoms with van der Waals surface area (Å²) in [6.45, 7) is 0. The minimum Gasteiger partial charge on any atom is -0.368 e. The molecule has 3 nitrogen and oxygen atoms in total. The summed E-state index contributed by atoms with van der Waals surface area (Å²) in [4.78, 5) is 13.5. The molecule has 0 saturated heterocycles. The van der Waals surface area contributed by atoms with Crippen LogP contribution in [0.2, 0.25) is 0 Å². The second-order valence-corrected chi connectivity index (χ2v) is 7.33. The third kappa shape index (κ3) is 2.97. The predicted octanol–water partition coefficient (Wildman–Crippen LogP) is 3.18. The summed E-state index contributed by atoms with van der Waals surface area (Å²) in [5.74, 6) is 0.721. The van der Waals surface area contributed by atoms with Crippen LogP contribution in [0.4, 0.5) is 0 Å². The summed E-state index contributed by atoms with van der Waals surface area (Å²) in [6.07, 6.45) is 8.24. The van der Waals surface area contributed by atoms with Crippen LogP contribution in [0.3, 0.4) is 0 Å². The molecular weight excluding hydrogens is 280 g/mol. The number of rotatable bonds is 3. The molecule has 1 atom stereocenters. The summed E-state index contributed by atoms with van der Waals surface area (Å²) in [6, 6.07) is 8.63. The third-order valence-corrected chi connectivity index (χ3v) is 5.88. The average molecular weight is 304 g/mol. The van der Waals surface area contributed by atoms with Crippen LogP contribution >= 0.6 is 11.8 Å². The highest BCUT2D eigenvalue weighted by Gasteiger charge is 2.43. The Morgan fingerprint density at radius 2 is 1.90 bits per heavy atom. The van der Waals surface area contributed by atoms with Crippen molar-refractivity contribution < 1.29 is 4.79 Å². The molecule has 1 saturated carbocycles. The van der Waals surface area contributed by atoms with Crippen LogP contribution < -0.4 is 11.1 Å². The number of carbonyl (C=O) groups excluding carboxylic acids is 1. The largest absolute Gasteiger partial charge is 0.368 e. The van der Waals surface area contributed by atoms with Crippen molar-refractivity contribution in [1.29, 1.82) is 0 Å². The van der Waals surface area contributed by atoms with Gasteiger partial charge in [0, 0.05) is 16.7 Å². The lowest BCUT2D eigenvalue weighted by atomic mass is 9.84. The number of primary amides is 1. The van der Waals surface area contributed by atoms with Crippen LogP contribution in [-0.2, 0) is 10.3 Å². The van der Waals surface area contributed by atoms with Gasteiger partial charge in [0.25, 0.3) is 0 Å². The molecule has 1 aliphatic carbocycles. The number of nitrogens with one attached hydrogen (secondary N) is 1. The van der Waals surface area contributed by atoms with Crippen molar-refractivity contribution in [1.82, 2.24) is 5.32 Å². The first kappa shape index (κ1) is 14.9. The predicted molar refractivity (Wildman–Crippen MR) is 87.3 cm³/mol. The van der Waals surface area contributed by atoms with E-state index in [4.69, 9.17) is 5.73 Å². The third-order valence-electron chi connectivity index (χ3n) is 4.81. The number of amides is 1. The number of thioether (sulfide) groups is 1. The first-order chi connectivity index (χ1) is 10.2. The van der Waals surface area contributed by atoms with E-state index in [0.717, 1.165) is 30.6 Å². The maximum atomic E-state index is 12.3. The summed E-state index contributed by atoms with van der Waals surface area (Å²) >= 11 is 1.83. The molecule has 3 rings (SSSR count). The number of carbonyl (C=O) groups is 1. The molecule has 2 aliphatic rings. The number of nitrogens with two attached hydrogens (primary N) is 1. The zero-order valence-corrected chi connectivity index (χ0v) is 13.3. The van der Waals surface area contributed by atoms with Gasteiger partial charge in [-0.25, -0.2) is 0 Å². The number of hydrogen-bond donors (Lipinski definition) is 2. The average Bonchev–Trinajstić information content (AvgIpc) is 2.76. The van der Waals surface area contributed by atoms with E-state index in [9.17, 15) is 4.79 Å². The van der Waals surface area contributed by atoms with Gasteiger partial charge in [-0.3, -0.25) is 10.1 Å². The highest BCUT2D eigenvalue weighted by molar-refractivity contribution is 7.99. The zero-order valence-electron chi connectivity index (χ0n) is 12.4. The van der Waals surface area contributed by atoms with Crippen molar-refractivity contribution in [3.8, 4) is 0 Å². The quantitative estimate of drug-likeness (QED) is 0.843. The SMILES string of the molecule is NC(=O)C1(NC2CCCCCC2)CCSc2ccccc21. The van der Waals surface area contributed by atoms with Crippen molar-refractivity contribution >= 4 is 17.7 Å². The van der Waals surface area contributed by atoms with E-state index < -0.39 is 5.54 Å². The highest BCUT2D eigenvalue weighted by atomic mass is 32.2. The molecule has 4 heteroatoms. The Bertz CT molecular complexity index is 511. The van der Waals surface area contributed by atoms with Crippen molar-refractivity contribution in [2.45, 2.75) is 61.4 Å². The van der Waals surface area contributed by atoms with E-state index in [0.29, 0.717) is 6.04 Å². The van der Waals surface area contributed by atoms with Gasteiger partial charge >= 0.3 is 0 Å². The van der Waals surface area contributed by atoms with E-state index in [1.54, 1.807) is 0 Å². The summed E-state index contributed by atoms with van der Waals surface area (Å²) < 4.78 is 0. The molecule has 0 spiro atoms. The van der Waals surface area contributed by atoms with Gasteiger partial charge < -0.3 is 5.73 Å². The molecular formula is C17H24N2OS. The second-order valence-electron chi connectivity index (χ2n) is 6.20. The molecule has 0 bridgehead atoms. The molecule has 1 amide bonds. The van der Waals surface area contributed by atoms with Crippen molar-refractivity contribution in [2.24, 2.45) is 5.73 Å². The Labute approximate surface area is 131 Å². The monoisotopic (exact) mass is 304 g/mol. The Morgan fingerprint density at radius 3 is 2.62 bits per heavy atom. The first-order valence-electron chi connectivity index (χ1n) is 8.02. The Morgan fingerprint density at radius 1 is 1.19 bits per heavy atom. The van der Waals surface area contributed by atoms with Gasteiger partial charge in [-0.15, -0.1) is 11.8 Å². The van der Waals surface area contributed by atoms with Crippen LogP contribution in [0.25, 0.3) is 0 Å². The zero-order chi connectivity index (χ0) is 14.7.